The van der Waals surface area contributed by atoms with E-state index in [1.54, 1.807) is 11.8 Å². The third-order valence-electron chi connectivity index (χ3n) is 4.27. The van der Waals surface area contributed by atoms with Crippen molar-refractivity contribution in [2.45, 2.75) is 17.9 Å². The lowest BCUT2D eigenvalue weighted by molar-refractivity contribution is 0.896. The molecule has 0 aliphatic heterocycles. The molecule has 0 fully saturated rings. The first-order valence-electron chi connectivity index (χ1n) is 8.97. The Balaban J connectivity index is 1.50. The number of para-hydroxylation sites is 2. The van der Waals surface area contributed by atoms with E-state index in [4.69, 9.17) is 5.73 Å². The van der Waals surface area contributed by atoms with Crippen LogP contribution in [0.25, 0.3) is 10.9 Å². The number of fused-ring (bicyclic) bond motifs is 1. The molecule has 0 aliphatic carbocycles. The van der Waals surface area contributed by atoms with Gasteiger partial charge in [-0.2, -0.15) is 15.0 Å². The first-order valence-corrected chi connectivity index (χ1v) is 10.0. The van der Waals surface area contributed by atoms with Gasteiger partial charge in [-0.15, -0.1) is 11.8 Å². The van der Waals surface area contributed by atoms with Crippen molar-refractivity contribution in [1.29, 1.82) is 0 Å². The highest BCUT2D eigenvalue weighted by Gasteiger charge is 2.14. The average Bonchev–Trinajstić information content (AvgIpc) is 2.72. The zero-order chi connectivity index (χ0) is 19.3. The first-order chi connectivity index (χ1) is 13.7. The zero-order valence-electron chi connectivity index (χ0n) is 15.4. The second-order valence-corrected chi connectivity index (χ2v) is 7.64. The number of nitrogen functional groups attached to an aromatic ring is 1. The van der Waals surface area contributed by atoms with Gasteiger partial charge in [0.15, 0.2) is 0 Å². The van der Waals surface area contributed by atoms with Gasteiger partial charge >= 0.3 is 0 Å². The second kappa shape index (κ2) is 8.22. The number of rotatable bonds is 6. The van der Waals surface area contributed by atoms with Gasteiger partial charge in [0.2, 0.25) is 11.9 Å². The van der Waals surface area contributed by atoms with Crippen molar-refractivity contribution < 1.29 is 0 Å². The fraction of sp³-hybridized carbons (Fsp3) is 0.143. The molecule has 2 heterocycles. The summed E-state index contributed by atoms with van der Waals surface area (Å²) >= 11 is 1.75. The molecular formula is C21H20N6S. The van der Waals surface area contributed by atoms with E-state index in [1.165, 1.54) is 5.56 Å². The Morgan fingerprint density at radius 1 is 0.964 bits per heavy atom. The van der Waals surface area contributed by atoms with Crippen LogP contribution in [0, 0.1) is 0 Å². The van der Waals surface area contributed by atoms with Crippen molar-refractivity contribution >= 4 is 40.2 Å². The summed E-state index contributed by atoms with van der Waals surface area (Å²) in [7, 11) is 0. The van der Waals surface area contributed by atoms with Gasteiger partial charge in [0.25, 0.3) is 0 Å². The molecule has 3 N–H and O–H groups in total. The molecule has 140 valence electrons. The molecule has 4 aromatic rings. The van der Waals surface area contributed by atoms with E-state index in [0.29, 0.717) is 11.8 Å². The average molecular weight is 389 g/mol. The summed E-state index contributed by atoms with van der Waals surface area (Å²) in [6.45, 7) is 2.07. The highest BCUT2D eigenvalue weighted by molar-refractivity contribution is 7.98. The monoisotopic (exact) mass is 388 g/mol. The van der Waals surface area contributed by atoms with Crippen LogP contribution in [0.2, 0.25) is 0 Å². The van der Waals surface area contributed by atoms with Crippen LogP contribution in [0.4, 0.5) is 17.6 Å². The molecule has 2 aromatic carbocycles. The SMILES string of the molecule is C[C@H](SCc1cccc2cccnc12)c1nc(N)nc(Nc2ccccc2)n1. The lowest BCUT2D eigenvalue weighted by Gasteiger charge is -2.13. The maximum atomic E-state index is 5.91. The molecule has 0 spiro atoms. The fourth-order valence-electron chi connectivity index (χ4n) is 2.87. The molecule has 0 aliphatic rings. The molecule has 0 saturated carbocycles. The molecule has 7 heteroatoms. The third-order valence-corrected chi connectivity index (χ3v) is 5.46. The van der Waals surface area contributed by atoms with Crippen molar-refractivity contribution in [3.8, 4) is 0 Å². The Kier molecular flexibility index (Phi) is 5.34. The van der Waals surface area contributed by atoms with Crippen molar-refractivity contribution in [1.82, 2.24) is 19.9 Å². The summed E-state index contributed by atoms with van der Waals surface area (Å²) in [5.74, 6) is 2.13. The van der Waals surface area contributed by atoms with Crippen LogP contribution < -0.4 is 11.1 Å². The standard InChI is InChI=1S/C21H20N6S/c1-14(28-13-16-8-5-7-15-9-6-12-23-18(15)16)19-25-20(22)27-21(26-19)24-17-10-3-2-4-11-17/h2-12,14H,13H2,1H3,(H3,22,24,25,26,27)/t14-/m0/s1. The van der Waals surface area contributed by atoms with Gasteiger partial charge in [-0.3, -0.25) is 4.98 Å². The highest BCUT2D eigenvalue weighted by atomic mass is 32.2. The van der Waals surface area contributed by atoms with Crippen molar-refractivity contribution in [2.75, 3.05) is 11.1 Å². The minimum absolute atomic E-state index is 0.0561. The molecule has 6 nitrogen and oxygen atoms in total. The molecule has 4 rings (SSSR count). The van der Waals surface area contributed by atoms with Gasteiger partial charge < -0.3 is 11.1 Å². The normalized spacial score (nSPS) is 12.0. The first kappa shape index (κ1) is 18.2. The Morgan fingerprint density at radius 3 is 2.64 bits per heavy atom. The van der Waals surface area contributed by atoms with Crippen molar-refractivity contribution in [3.05, 3.63) is 78.2 Å². The number of aromatic nitrogens is 4. The molecular weight excluding hydrogens is 368 g/mol. The molecule has 0 amide bonds. The van der Waals surface area contributed by atoms with Crippen LogP contribution in [-0.2, 0) is 5.75 Å². The molecule has 0 unspecified atom stereocenters. The van der Waals surface area contributed by atoms with Crippen LogP contribution in [0.5, 0.6) is 0 Å². The van der Waals surface area contributed by atoms with E-state index in [-0.39, 0.29) is 11.2 Å². The van der Waals surface area contributed by atoms with Gasteiger partial charge in [0.1, 0.15) is 5.82 Å². The van der Waals surface area contributed by atoms with E-state index in [0.717, 1.165) is 22.3 Å². The Hall–Kier alpha value is -3.19. The van der Waals surface area contributed by atoms with E-state index in [1.807, 2.05) is 42.6 Å². The van der Waals surface area contributed by atoms with Crippen LogP contribution >= 0.6 is 11.8 Å². The van der Waals surface area contributed by atoms with E-state index in [9.17, 15) is 0 Å². The molecule has 2 aromatic heterocycles. The Labute approximate surface area is 167 Å². The lowest BCUT2D eigenvalue weighted by atomic mass is 10.1. The summed E-state index contributed by atoms with van der Waals surface area (Å²) in [5, 5.41) is 4.38. The number of hydrogen-bond acceptors (Lipinski definition) is 7. The molecule has 28 heavy (non-hydrogen) atoms. The number of thioether (sulfide) groups is 1. The molecule has 0 saturated heterocycles. The minimum Gasteiger partial charge on any atom is -0.368 e. The third kappa shape index (κ3) is 4.20. The minimum atomic E-state index is 0.0561. The van der Waals surface area contributed by atoms with E-state index >= 15 is 0 Å². The number of pyridine rings is 1. The predicted octanol–water partition coefficient (Wildman–Crippen LogP) is 4.74. The number of hydrogen-bond donors (Lipinski definition) is 2. The Morgan fingerprint density at radius 2 is 1.79 bits per heavy atom. The van der Waals surface area contributed by atoms with Gasteiger partial charge in [-0.25, -0.2) is 0 Å². The second-order valence-electron chi connectivity index (χ2n) is 6.31. The van der Waals surface area contributed by atoms with Crippen molar-refractivity contribution in [3.63, 3.8) is 0 Å². The summed E-state index contributed by atoms with van der Waals surface area (Å²) in [4.78, 5) is 17.6. The summed E-state index contributed by atoms with van der Waals surface area (Å²) < 4.78 is 0. The Bertz CT molecular complexity index is 1080. The maximum Gasteiger partial charge on any atom is 0.232 e. The van der Waals surface area contributed by atoms with Gasteiger partial charge in [0, 0.05) is 23.0 Å². The topological polar surface area (TPSA) is 89.6 Å². The van der Waals surface area contributed by atoms with E-state index in [2.05, 4.69) is 56.4 Å². The number of nitrogens with two attached hydrogens (primary N) is 1. The zero-order valence-corrected chi connectivity index (χ0v) is 16.2. The van der Waals surface area contributed by atoms with Gasteiger partial charge in [0.05, 0.1) is 10.8 Å². The van der Waals surface area contributed by atoms with Crippen molar-refractivity contribution in [2.24, 2.45) is 0 Å². The van der Waals surface area contributed by atoms with Crippen LogP contribution in [0.15, 0.2) is 66.9 Å². The number of nitrogens with zero attached hydrogens (tertiary/aromatic N) is 4. The summed E-state index contributed by atoms with van der Waals surface area (Å²) in [6, 6.07) is 20.0. The van der Waals surface area contributed by atoms with Gasteiger partial charge in [-0.1, -0.05) is 42.5 Å². The number of benzene rings is 2. The number of nitrogens with one attached hydrogen (secondary N) is 1. The van der Waals surface area contributed by atoms with Crippen LogP contribution in [0.1, 0.15) is 23.6 Å². The maximum absolute atomic E-state index is 5.91. The quantitative estimate of drug-likeness (QED) is 0.493. The molecule has 0 bridgehead atoms. The number of anilines is 3. The molecule has 1 atom stereocenters. The smallest absolute Gasteiger partial charge is 0.232 e. The largest absolute Gasteiger partial charge is 0.368 e. The fourth-order valence-corrected chi connectivity index (χ4v) is 3.79. The van der Waals surface area contributed by atoms with Crippen LogP contribution in [0.3, 0.4) is 0 Å². The predicted molar refractivity (Wildman–Crippen MR) is 115 cm³/mol. The highest BCUT2D eigenvalue weighted by Crippen LogP contribution is 2.31. The summed E-state index contributed by atoms with van der Waals surface area (Å²) in [6.07, 6.45) is 1.83. The van der Waals surface area contributed by atoms with E-state index < -0.39 is 0 Å². The lowest BCUT2D eigenvalue weighted by Crippen LogP contribution is -2.08. The van der Waals surface area contributed by atoms with Crippen LogP contribution in [-0.4, -0.2) is 19.9 Å². The van der Waals surface area contributed by atoms with Gasteiger partial charge in [-0.05, 0) is 30.7 Å². The summed E-state index contributed by atoms with van der Waals surface area (Å²) in [5.41, 5.74) is 9.04. The molecule has 0 radical (unpaired) electrons.